The van der Waals surface area contributed by atoms with Gasteiger partial charge in [-0.2, -0.15) is 4.31 Å². The average Bonchev–Trinajstić information content (AvgIpc) is 2.64. The van der Waals surface area contributed by atoms with Crippen molar-refractivity contribution in [1.29, 1.82) is 0 Å². The molecule has 1 amide bonds. The molecular formula is C18H26N2O4S. The average molecular weight is 366 g/mol. The minimum absolute atomic E-state index is 0.117. The lowest BCUT2D eigenvalue weighted by molar-refractivity contribution is -0.138. The lowest BCUT2D eigenvalue weighted by Gasteiger charge is -2.47. The number of hydrogen-bond acceptors (Lipinski definition) is 4. The lowest BCUT2D eigenvalue weighted by atomic mass is 9.74. The lowest BCUT2D eigenvalue weighted by Crippen LogP contribution is -2.54. The molecule has 2 fully saturated rings. The standard InChI is InChI=1S/C18H26N2O4S/c1-3-19-13-18(10-8-17(19)21)9-5-11-20(14-18)25(22,23)16-7-4-6-15(12-16)24-2/h4,6-7,12H,3,5,8-11,13-14H2,1-2H3. The van der Waals surface area contributed by atoms with E-state index in [0.717, 1.165) is 19.3 Å². The highest BCUT2D eigenvalue weighted by molar-refractivity contribution is 7.89. The number of nitrogens with zero attached hydrogens (tertiary/aromatic N) is 2. The normalized spacial score (nSPS) is 25.4. The van der Waals surface area contributed by atoms with Gasteiger partial charge in [-0.3, -0.25) is 4.79 Å². The Labute approximate surface area is 149 Å². The number of likely N-dealkylation sites (tertiary alicyclic amines) is 1. The quantitative estimate of drug-likeness (QED) is 0.819. The molecule has 25 heavy (non-hydrogen) atoms. The van der Waals surface area contributed by atoms with Crippen LogP contribution >= 0.6 is 0 Å². The van der Waals surface area contributed by atoms with Crippen LogP contribution in [-0.4, -0.2) is 56.8 Å². The van der Waals surface area contributed by atoms with Crippen LogP contribution in [0.5, 0.6) is 5.75 Å². The van der Waals surface area contributed by atoms with Gasteiger partial charge in [-0.05, 0) is 38.3 Å². The third kappa shape index (κ3) is 3.53. The maximum Gasteiger partial charge on any atom is 0.243 e. The van der Waals surface area contributed by atoms with Gasteiger partial charge in [-0.25, -0.2) is 8.42 Å². The Bertz CT molecular complexity index is 749. The number of sulfonamides is 1. The summed E-state index contributed by atoms with van der Waals surface area (Å²) in [6.45, 7) is 4.33. The number of hydrogen-bond donors (Lipinski definition) is 0. The van der Waals surface area contributed by atoms with Crippen LogP contribution in [0.25, 0.3) is 0 Å². The van der Waals surface area contributed by atoms with Gasteiger partial charge in [-0.1, -0.05) is 6.07 Å². The van der Waals surface area contributed by atoms with Crippen molar-refractivity contribution in [2.24, 2.45) is 5.41 Å². The van der Waals surface area contributed by atoms with Crippen LogP contribution in [0.1, 0.15) is 32.6 Å². The fraction of sp³-hybridized carbons (Fsp3) is 0.611. The van der Waals surface area contributed by atoms with E-state index in [1.807, 2.05) is 11.8 Å². The van der Waals surface area contributed by atoms with Gasteiger partial charge in [0.2, 0.25) is 15.9 Å². The van der Waals surface area contributed by atoms with E-state index in [0.29, 0.717) is 38.3 Å². The Kier molecular flexibility index (Phi) is 5.06. The molecule has 1 aromatic rings. The van der Waals surface area contributed by atoms with Crippen LogP contribution in [0.4, 0.5) is 0 Å². The van der Waals surface area contributed by atoms with E-state index in [2.05, 4.69) is 0 Å². The number of ether oxygens (including phenoxy) is 1. The van der Waals surface area contributed by atoms with Crippen LogP contribution in [0, 0.1) is 5.41 Å². The van der Waals surface area contributed by atoms with Crippen molar-refractivity contribution < 1.29 is 17.9 Å². The van der Waals surface area contributed by atoms with Gasteiger partial charge in [0.25, 0.3) is 0 Å². The zero-order valence-electron chi connectivity index (χ0n) is 14.9. The van der Waals surface area contributed by atoms with E-state index in [1.165, 1.54) is 7.11 Å². The number of piperidine rings is 2. The minimum atomic E-state index is -3.56. The van der Waals surface area contributed by atoms with E-state index in [1.54, 1.807) is 28.6 Å². The first kappa shape index (κ1) is 18.2. The Morgan fingerprint density at radius 3 is 2.76 bits per heavy atom. The Balaban J connectivity index is 1.84. The zero-order valence-corrected chi connectivity index (χ0v) is 15.7. The van der Waals surface area contributed by atoms with Crippen LogP contribution < -0.4 is 4.74 Å². The van der Waals surface area contributed by atoms with E-state index in [-0.39, 0.29) is 16.2 Å². The summed E-state index contributed by atoms with van der Waals surface area (Å²) in [5.74, 6) is 0.717. The van der Waals surface area contributed by atoms with Crippen molar-refractivity contribution in [3.05, 3.63) is 24.3 Å². The van der Waals surface area contributed by atoms with Crippen LogP contribution in [-0.2, 0) is 14.8 Å². The van der Waals surface area contributed by atoms with E-state index in [4.69, 9.17) is 4.74 Å². The highest BCUT2D eigenvalue weighted by atomic mass is 32.2. The largest absolute Gasteiger partial charge is 0.497 e. The summed E-state index contributed by atoms with van der Waals surface area (Å²) in [6.07, 6.45) is 3.09. The first-order chi connectivity index (χ1) is 11.9. The van der Waals surface area contributed by atoms with Gasteiger partial charge in [0.05, 0.1) is 12.0 Å². The summed E-state index contributed by atoms with van der Waals surface area (Å²) in [5, 5.41) is 0. The number of methoxy groups -OCH3 is 1. The predicted molar refractivity (Wildman–Crippen MR) is 94.9 cm³/mol. The zero-order chi connectivity index (χ0) is 18.1. The highest BCUT2D eigenvalue weighted by Crippen LogP contribution is 2.40. The number of carbonyl (C=O) groups excluding carboxylic acids is 1. The van der Waals surface area contributed by atoms with Crippen molar-refractivity contribution in [3.63, 3.8) is 0 Å². The Morgan fingerprint density at radius 2 is 2.04 bits per heavy atom. The molecule has 1 unspecified atom stereocenters. The van der Waals surface area contributed by atoms with Crippen molar-refractivity contribution in [2.75, 3.05) is 33.3 Å². The molecule has 0 N–H and O–H groups in total. The van der Waals surface area contributed by atoms with Crippen LogP contribution in [0.2, 0.25) is 0 Å². The molecule has 2 saturated heterocycles. The molecule has 1 aromatic carbocycles. The molecule has 2 heterocycles. The predicted octanol–water partition coefficient (Wildman–Crippen LogP) is 2.11. The van der Waals surface area contributed by atoms with Crippen molar-refractivity contribution >= 4 is 15.9 Å². The Morgan fingerprint density at radius 1 is 1.24 bits per heavy atom. The summed E-state index contributed by atoms with van der Waals surface area (Å²) in [4.78, 5) is 14.1. The molecule has 0 radical (unpaired) electrons. The molecule has 0 saturated carbocycles. The number of benzene rings is 1. The third-order valence-electron chi connectivity index (χ3n) is 5.44. The molecule has 138 valence electrons. The molecule has 1 spiro atoms. The highest BCUT2D eigenvalue weighted by Gasteiger charge is 2.44. The summed E-state index contributed by atoms with van der Waals surface area (Å²) in [5.41, 5.74) is -0.117. The van der Waals surface area contributed by atoms with Gasteiger partial charge in [0, 0.05) is 44.1 Å². The number of amides is 1. The topological polar surface area (TPSA) is 66.9 Å². The third-order valence-corrected chi connectivity index (χ3v) is 7.28. The molecule has 2 aliphatic heterocycles. The second-order valence-electron chi connectivity index (χ2n) is 7.03. The first-order valence-electron chi connectivity index (χ1n) is 8.82. The van der Waals surface area contributed by atoms with E-state index < -0.39 is 10.0 Å². The van der Waals surface area contributed by atoms with Crippen LogP contribution in [0.15, 0.2) is 29.2 Å². The molecule has 7 heteroatoms. The molecule has 0 aliphatic carbocycles. The van der Waals surface area contributed by atoms with Crippen LogP contribution in [0.3, 0.4) is 0 Å². The van der Waals surface area contributed by atoms with Gasteiger partial charge in [0.1, 0.15) is 5.75 Å². The van der Waals surface area contributed by atoms with Gasteiger partial charge in [-0.15, -0.1) is 0 Å². The summed E-state index contributed by atoms with van der Waals surface area (Å²) < 4.78 is 32.9. The molecule has 2 aliphatic rings. The molecular weight excluding hydrogens is 340 g/mol. The molecule has 3 rings (SSSR count). The summed E-state index contributed by atoms with van der Waals surface area (Å²) in [6, 6.07) is 6.62. The summed E-state index contributed by atoms with van der Waals surface area (Å²) in [7, 11) is -2.03. The van der Waals surface area contributed by atoms with Crippen molar-refractivity contribution in [3.8, 4) is 5.75 Å². The fourth-order valence-electron chi connectivity index (χ4n) is 4.00. The molecule has 0 aromatic heterocycles. The smallest absolute Gasteiger partial charge is 0.243 e. The SMILES string of the molecule is CCN1CC2(CCCN(S(=O)(=O)c3cccc(OC)c3)C2)CCC1=O. The summed E-state index contributed by atoms with van der Waals surface area (Å²) >= 11 is 0. The maximum atomic E-state index is 13.1. The Hall–Kier alpha value is -1.60. The molecule has 6 nitrogen and oxygen atoms in total. The van der Waals surface area contributed by atoms with Gasteiger partial charge >= 0.3 is 0 Å². The monoisotopic (exact) mass is 366 g/mol. The van der Waals surface area contributed by atoms with Gasteiger partial charge < -0.3 is 9.64 Å². The number of rotatable bonds is 4. The minimum Gasteiger partial charge on any atom is -0.497 e. The second-order valence-corrected chi connectivity index (χ2v) is 8.97. The van der Waals surface area contributed by atoms with Crippen molar-refractivity contribution in [2.45, 2.75) is 37.5 Å². The fourth-order valence-corrected chi connectivity index (χ4v) is 5.63. The maximum absolute atomic E-state index is 13.1. The molecule has 0 bridgehead atoms. The first-order valence-corrected chi connectivity index (χ1v) is 10.3. The van der Waals surface area contributed by atoms with E-state index >= 15 is 0 Å². The van der Waals surface area contributed by atoms with E-state index in [9.17, 15) is 13.2 Å². The van der Waals surface area contributed by atoms with Crippen molar-refractivity contribution in [1.82, 2.24) is 9.21 Å². The molecule has 1 atom stereocenters. The second kappa shape index (κ2) is 6.96. The van der Waals surface area contributed by atoms with Gasteiger partial charge in [0.15, 0.2) is 0 Å². The number of carbonyl (C=O) groups is 1.